The quantitative estimate of drug-likeness (QED) is 0.204. The molecule has 0 aromatic heterocycles. The molecule has 3 aromatic rings. The first-order chi connectivity index (χ1) is 21.4. The Labute approximate surface area is 265 Å². The van der Waals surface area contributed by atoms with Crippen molar-refractivity contribution in [3.8, 4) is 0 Å². The number of amides is 2. The fourth-order valence-corrected chi connectivity index (χ4v) is 5.16. The van der Waals surface area contributed by atoms with Crippen LogP contribution in [0.5, 0.6) is 0 Å². The van der Waals surface area contributed by atoms with Crippen molar-refractivity contribution in [2.75, 3.05) is 18.5 Å². The number of nitrogens with one attached hydrogen (secondary N) is 1. The number of ether oxygens (including phenoxy) is 2. The average Bonchev–Trinajstić information content (AvgIpc) is 2.99. The largest absolute Gasteiger partial charge is 0.466 e. The Kier molecular flexibility index (Phi) is 10.7. The summed E-state index contributed by atoms with van der Waals surface area (Å²) in [5.41, 5.74) is 4.35. The first kappa shape index (κ1) is 32.9. The minimum atomic E-state index is -0.578. The minimum absolute atomic E-state index is 0.0934. The summed E-state index contributed by atoms with van der Waals surface area (Å²) in [7, 11) is 0. The van der Waals surface area contributed by atoms with Crippen LogP contribution in [-0.2, 0) is 36.8 Å². The Morgan fingerprint density at radius 3 is 2.44 bits per heavy atom. The van der Waals surface area contributed by atoms with Crippen LogP contribution < -0.4 is 5.32 Å². The number of carbonyl (C=O) groups excluding carboxylic acids is 3. The Bertz CT molecular complexity index is 1590. The van der Waals surface area contributed by atoms with Gasteiger partial charge in [-0.05, 0) is 74.6 Å². The third kappa shape index (κ3) is 9.02. The lowest BCUT2D eigenvalue weighted by Crippen LogP contribution is -2.36. The molecule has 0 saturated carbocycles. The molecule has 4 rings (SSSR count). The fourth-order valence-electron chi connectivity index (χ4n) is 5.16. The Hall–Kier alpha value is -4.97. The van der Waals surface area contributed by atoms with E-state index in [9.17, 15) is 14.4 Å². The Morgan fingerprint density at radius 2 is 1.78 bits per heavy atom. The normalized spacial score (nSPS) is 14.4. The van der Waals surface area contributed by atoms with Gasteiger partial charge in [0.1, 0.15) is 5.60 Å². The Morgan fingerprint density at radius 1 is 1.07 bits per heavy atom. The molecule has 45 heavy (non-hydrogen) atoms. The number of anilines is 1. The van der Waals surface area contributed by atoms with Gasteiger partial charge in [0.05, 0.1) is 12.5 Å². The second-order valence-electron chi connectivity index (χ2n) is 12.2. The van der Waals surface area contributed by atoms with Crippen LogP contribution in [0.2, 0.25) is 0 Å². The number of benzene rings is 3. The highest BCUT2D eigenvalue weighted by atomic mass is 16.6. The molecule has 0 radical (unpaired) electrons. The monoisotopic (exact) mass is 608 g/mol. The van der Waals surface area contributed by atoms with E-state index in [4.69, 9.17) is 16.0 Å². The molecule has 0 bridgehead atoms. The van der Waals surface area contributed by atoms with Gasteiger partial charge in [-0.3, -0.25) is 14.4 Å². The highest BCUT2D eigenvalue weighted by Gasteiger charge is 2.30. The third-order valence-electron chi connectivity index (χ3n) is 7.48. The first-order valence-electron chi connectivity index (χ1n) is 15.1. The van der Waals surface area contributed by atoms with Gasteiger partial charge in [0.2, 0.25) is 18.3 Å². The van der Waals surface area contributed by atoms with Crippen LogP contribution in [0.15, 0.2) is 77.9 Å². The number of aryl methyl sites for hydroxylation is 1. The maximum Gasteiger partial charge on any atom is 0.306 e. The number of esters is 1. The van der Waals surface area contributed by atoms with Crippen molar-refractivity contribution < 1.29 is 23.9 Å². The smallest absolute Gasteiger partial charge is 0.306 e. The van der Waals surface area contributed by atoms with Crippen LogP contribution in [0.25, 0.3) is 4.85 Å². The SMILES string of the molecule is [C-]#[N+]CC(C)C(C(=O)Nc1cccc(CCC(=O)OC(C)(C)C)c1C)c1ccc(CN2N=C(c3ccccc3)OCC2=O)cc1. The molecule has 1 N–H and O–H groups in total. The summed E-state index contributed by atoms with van der Waals surface area (Å²) in [4.78, 5) is 42.1. The van der Waals surface area contributed by atoms with Crippen molar-refractivity contribution in [2.24, 2.45) is 11.0 Å². The van der Waals surface area contributed by atoms with E-state index in [1.165, 1.54) is 5.01 Å². The highest BCUT2D eigenvalue weighted by molar-refractivity contribution is 5.98. The molecule has 9 heteroatoms. The standard InChI is InChI=1S/C36H40N4O5/c1-24(21-37-6)33(34(43)38-30-14-10-13-27(25(30)2)19-20-32(42)45-36(3,4)5)28-17-15-26(16-18-28)22-40-31(41)23-44-35(39-40)29-11-8-7-9-12-29/h7-18,24,33H,19-23H2,1-5H3,(H,38,43). The summed E-state index contributed by atoms with van der Waals surface area (Å²) in [6.07, 6.45) is 0.730. The van der Waals surface area contributed by atoms with Crippen LogP contribution >= 0.6 is 0 Å². The number of nitrogens with zero attached hydrogens (tertiary/aromatic N) is 3. The van der Waals surface area contributed by atoms with Crippen molar-refractivity contribution in [2.45, 2.75) is 65.5 Å². The number of hydrazone groups is 1. The van der Waals surface area contributed by atoms with Gasteiger partial charge >= 0.3 is 5.97 Å². The van der Waals surface area contributed by atoms with Crippen LogP contribution in [0.4, 0.5) is 5.69 Å². The number of rotatable bonds is 11. The van der Waals surface area contributed by atoms with E-state index in [2.05, 4.69) is 15.3 Å². The zero-order chi connectivity index (χ0) is 32.6. The number of hydrogen-bond acceptors (Lipinski definition) is 6. The minimum Gasteiger partial charge on any atom is -0.466 e. The van der Waals surface area contributed by atoms with E-state index in [1.807, 2.05) is 107 Å². The molecule has 234 valence electrons. The lowest BCUT2D eigenvalue weighted by Gasteiger charge is -2.24. The summed E-state index contributed by atoms with van der Waals surface area (Å²) in [6, 6.07) is 22.6. The van der Waals surface area contributed by atoms with E-state index in [0.717, 1.165) is 27.8 Å². The van der Waals surface area contributed by atoms with Gasteiger partial charge in [0.15, 0.2) is 6.61 Å². The zero-order valence-corrected chi connectivity index (χ0v) is 26.5. The molecule has 2 unspecified atom stereocenters. The predicted molar refractivity (Wildman–Crippen MR) is 173 cm³/mol. The Balaban J connectivity index is 1.48. The van der Waals surface area contributed by atoms with E-state index in [1.54, 1.807) is 0 Å². The molecule has 0 spiro atoms. The molecule has 0 saturated heterocycles. The van der Waals surface area contributed by atoms with Crippen LogP contribution in [0.1, 0.15) is 67.9 Å². The molecule has 0 fully saturated rings. The number of hydrogen-bond donors (Lipinski definition) is 1. The van der Waals surface area contributed by atoms with Gasteiger partial charge in [-0.25, -0.2) is 11.6 Å². The van der Waals surface area contributed by atoms with Crippen molar-refractivity contribution in [3.63, 3.8) is 0 Å². The van der Waals surface area contributed by atoms with Crippen molar-refractivity contribution >= 4 is 29.4 Å². The average molecular weight is 609 g/mol. The van der Waals surface area contributed by atoms with E-state index in [-0.39, 0.29) is 49.8 Å². The molecule has 3 aromatic carbocycles. The van der Waals surface area contributed by atoms with Crippen molar-refractivity contribution in [1.29, 1.82) is 0 Å². The maximum atomic E-state index is 13.8. The van der Waals surface area contributed by atoms with Gasteiger partial charge in [-0.2, -0.15) is 0 Å². The lowest BCUT2D eigenvalue weighted by molar-refractivity contribution is -0.154. The predicted octanol–water partition coefficient (Wildman–Crippen LogP) is 6.27. The highest BCUT2D eigenvalue weighted by Crippen LogP contribution is 2.29. The van der Waals surface area contributed by atoms with Crippen LogP contribution in [-0.4, -0.2) is 47.4 Å². The van der Waals surface area contributed by atoms with E-state index >= 15 is 0 Å². The molecule has 0 aliphatic carbocycles. The summed E-state index contributed by atoms with van der Waals surface area (Å²) in [6.45, 7) is 17.1. The molecule has 1 heterocycles. The van der Waals surface area contributed by atoms with Gasteiger partial charge in [0.25, 0.3) is 5.91 Å². The van der Waals surface area contributed by atoms with E-state index in [0.29, 0.717) is 18.0 Å². The second-order valence-corrected chi connectivity index (χ2v) is 12.2. The van der Waals surface area contributed by atoms with Crippen molar-refractivity contribution in [1.82, 2.24) is 5.01 Å². The molecule has 2 amide bonds. The van der Waals surface area contributed by atoms with Crippen LogP contribution in [0.3, 0.4) is 0 Å². The summed E-state index contributed by atoms with van der Waals surface area (Å²) in [5.74, 6) is -1.17. The molecular weight excluding hydrogens is 568 g/mol. The second kappa shape index (κ2) is 14.7. The fraction of sp³-hybridized carbons (Fsp3) is 0.361. The maximum absolute atomic E-state index is 13.8. The van der Waals surface area contributed by atoms with Gasteiger partial charge in [-0.1, -0.05) is 61.5 Å². The van der Waals surface area contributed by atoms with E-state index < -0.39 is 11.5 Å². The van der Waals surface area contributed by atoms with Crippen LogP contribution in [0, 0.1) is 19.4 Å². The molecular formula is C36H40N4O5. The van der Waals surface area contributed by atoms with Gasteiger partial charge in [-0.15, -0.1) is 5.10 Å². The first-order valence-corrected chi connectivity index (χ1v) is 15.1. The molecule has 1 aliphatic heterocycles. The summed E-state index contributed by atoms with van der Waals surface area (Å²) < 4.78 is 11.0. The summed E-state index contributed by atoms with van der Waals surface area (Å²) >= 11 is 0. The zero-order valence-electron chi connectivity index (χ0n) is 26.5. The molecule has 2 atom stereocenters. The van der Waals surface area contributed by atoms with Gasteiger partial charge < -0.3 is 19.6 Å². The summed E-state index contributed by atoms with van der Waals surface area (Å²) in [5, 5.41) is 8.89. The molecule has 1 aliphatic rings. The number of carbonyl (C=O) groups is 3. The molecule has 9 nitrogen and oxygen atoms in total. The van der Waals surface area contributed by atoms with Gasteiger partial charge in [0, 0.05) is 23.6 Å². The van der Waals surface area contributed by atoms with Crippen molar-refractivity contribution in [3.05, 3.63) is 112 Å². The topological polar surface area (TPSA) is 102 Å². The lowest BCUT2D eigenvalue weighted by atomic mass is 9.85. The third-order valence-corrected chi connectivity index (χ3v) is 7.48.